The molecule has 1 aliphatic heterocycles. The first-order chi connectivity index (χ1) is 8.54. The fourth-order valence-corrected chi connectivity index (χ4v) is 1.72. The highest BCUT2D eigenvalue weighted by molar-refractivity contribution is 6.04. The first-order valence-electron chi connectivity index (χ1n) is 6.07. The van der Waals surface area contributed by atoms with Crippen molar-refractivity contribution in [1.29, 1.82) is 0 Å². The molecule has 1 aliphatic rings. The Morgan fingerprint density at radius 2 is 2.11 bits per heavy atom. The molecule has 0 aromatic rings. The summed E-state index contributed by atoms with van der Waals surface area (Å²) < 4.78 is 0. The summed E-state index contributed by atoms with van der Waals surface area (Å²) in [6.07, 6.45) is 3.70. The minimum atomic E-state index is -0.474. The molecule has 0 radical (unpaired) electrons. The predicted molar refractivity (Wildman–Crippen MR) is 66.4 cm³/mol. The molecule has 1 heterocycles. The third kappa shape index (κ3) is 4.20. The van der Waals surface area contributed by atoms with Crippen LogP contribution < -0.4 is 16.0 Å². The standard InChI is InChI=1S/C12H19N3O3/c1-3-9-11(17)15-10(12(18)14-9)6-4-5-7-13-8(2)16/h3,10H,4-7H2,1-2H3,(H,13,16)(H,14,18)(H,15,17)/b9-3+. The second kappa shape index (κ2) is 6.78. The monoisotopic (exact) mass is 253 g/mol. The van der Waals surface area contributed by atoms with Crippen molar-refractivity contribution >= 4 is 17.7 Å². The van der Waals surface area contributed by atoms with Gasteiger partial charge in [0.15, 0.2) is 0 Å². The molecule has 1 rings (SSSR count). The Balaban J connectivity index is 2.29. The number of hydrogen-bond acceptors (Lipinski definition) is 3. The lowest BCUT2D eigenvalue weighted by Crippen LogP contribution is -2.54. The van der Waals surface area contributed by atoms with Gasteiger partial charge in [0.05, 0.1) is 0 Å². The fraction of sp³-hybridized carbons (Fsp3) is 0.583. The Bertz CT molecular complexity index is 377. The molecule has 0 saturated carbocycles. The van der Waals surface area contributed by atoms with Crippen LogP contribution in [0.5, 0.6) is 0 Å². The number of carbonyl (C=O) groups excluding carboxylic acids is 3. The lowest BCUT2D eigenvalue weighted by atomic mass is 10.1. The first kappa shape index (κ1) is 14.2. The van der Waals surface area contributed by atoms with E-state index in [4.69, 9.17) is 0 Å². The van der Waals surface area contributed by atoms with Crippen molar-refractivity contribution in [1.82, 2.24) is 16.0 Å². The van der Waals surface area contributed by atoms with E-state index in [0.717, 1.165) is 12.8 Å². The molecule has 3 N–H and O–H groups in total. The number of nitrogens with one attached hydrogen (secondary N) is 3. The molecule has 1 atom stereocenters. The molecule has 0 aliphatic carbocycles. The summed E-state index contributed by atoms with van der Waals surface area (Å²) in [5.74, 6) is -0.484. The largest absolute Gasteiger partial charge is 0.356 e. The minimum Gasteiger partial charge on any atom is -0.356 e. The van der Waals surface area contributed by atoms with Crippen molar-refractivity contribution in [3.8, 4) is 0 Å². The predicted octanol–water partition coefficient (Wildman–Crippen LogP) is -0.189. The van der Waals surface area contributed by atoms with Crippen LogP contribution in [0.1, 0.15) is 33.1 Å². The number of allylic oxidation sites excluding steroid dienone is 1. The van der Waals surface area contributed by atoms with Crippen LogP contribution in [-0.4, -0.2) is 30.3 Å². The second-order valence-corrected chi connectivity index (χ2v) is 4.20. The molecule has 1 saturated heterocycles. The molecule has 18 heavy (non-hydrogen) atoms. The van der Waals surface area contributed by atoms with Gasteiger partial charge in [-0.15, -0.1) is 0 Å². The van der Waals surface area contributed by atoms with Gasteiger partial charge in [0.2, 0.25) is 11.8 Å². The average Bonchev–Trinajstić information content (AvgIpc) is 2.32. The lowest BCUT2D eigenvalue weighted by molar-refractivity contribution is -0.131. The zero-order chi connectivity index (χ0) is 13.5. The Morgan fingerprint density at radius 3 is 2.72 bits per heavy atom. The molecule has 0 aromatic carbocycles. The zero-order valence-electron chi connectivity index (χ0n) is 10.7. The summed E-state index contributed by atoms with van der Waals surface area (Å²) in [7, 11) is 0. The second-order valence-electron chi connectivity index (χ2n) is 4.20. The van der Waals surface area contributed by atoms with Crippen LogP contribution in [0.25, 0.3) is 0 Å². The zero-order valence-corrected chi connectivity index (χ0v) is 10.7. The summed E-state index contributed by atoms with van der Waals surface area (Å²) in [5, 5.41) is 7.91. The minimum absolute atomic E-state index is 0.0589. The lowest BCUT2D eigenvalue weighted by Gasteiger charge is -2.24. The van der Waals surface area contributed by atoms with Crippen LogP contribution in [0.15, 0.2) is 11.8 Å². The van der Waals surface area contributed by atoms with E-state index in [0.29, 0.717) is 18.7 Å². The van der Waals surface area contributed by atoms with E-state index in [1.165, 1.54) is 6.92 Å². The van der Waals surface area contributed by atoms with E-state index in [1.54, 1.807) is 13.0 Å². The van der Waals surface area contributed by atoms with Crippen LogP contribution in [0.2, 0.25) is 0 Å². The van der Waals surface area contributed by atoms with Gasteiger partial charge < -0.3 is 16.0 Å². The van der Waals surface area contributed by atoms with Crippen LogP contribution in [-0.2, 0) is 14.4 Å². The van der Waals surface area contributed by atoms with Gasteiger partial charge in [0.25, 0.3) is 5.91 Å². The van der Waals surface area contributed by atoms with Gasteiger partial charge in [-0.3, -0.25) is 14.4 Å². The van der Waals surface area contributed by atoms with Gasteiger partial charge in [-0.05, 0) is 26.2 Å². The van der Waals surface area contributed by atoms with E-state index in [2.05, 4.69) is 16.0 Å². The van der Waals surface area contributed by atoms with Crippen molar-refractivity contribution in [3.05, 3.63) is 11.8 Å². The van der Waals surface area contributed by atoms with Crippen molar-refractivity contribution in [2.45, 2.75) is 39.2 Å². The van der Waals surface area contributed by atoms with Gasteiger partial charge in [0, 0.05) is 13.5 Å². The summed E-state index contributed by atoms with van der Waals surface area (Å²) in [6.45, 7) is 3.76. The highest BCUT2D eigenvalue weighted by atomic mass is 16.2. The Morgan fingerprint density at radius 1 is 1.39 bits per heavy atom. The number of piperazine rings is 1. The van der Waals surface area contributed by atoms with E-state index in [1.807, 2.05) is 0 Å². The van der Waals surface area contributed by atoms with Crippen molar-refractivity contribution < 1.29 is 14.4 Å². The average molecular weight is 253 g/mol. The highest BCUT2D eigenvalue weighted by Gasteiger charge is 2.28. The number of amides is 3. The van der Waals surface area contributed by atoms with Gasteiger partial charge in [-0.25, -0.2) is 0 Å². The van der Waals surface area contributed by atoms with Gasteiger partial charge >= 0.3 is 0 Å². The van der Waals surface area contributed by atoms with E-state index < -0.39 is 6.04 Å². The molecule has 0 aromatic heterocycles. The third-order valence-corrected chi connectivity index (χ3v) is 2.71. The van der Waals surface area contributed by atoms with Crippen molar-refractivity contribution in [3.63, 3.8) is 0 Å². The smallest absolute Gasteiger partial charge is 0.268 e. The summed E-state index contributed by atoms with van der Waals surface area (Å²) in [6, 6.07) is -0.474. The maximum atomic E-state index is 11.6. The maximum Gasteiger partial charge on any atom is 0.268 e. The molecular weight excluding hydrogens is 234 g/mol. The van der Waals surface area contributed by atoms with Gasteiger partial charge in [0.1, 0.15) is 11.7 Å². The van der Waals surface area contributed by atoms with Crippen LogP contribution >= 0.6 is 0 Å². The van der Waals surface area contributed by atoms with E-state index in [9.17, 15) is 14.4 Å². The Labute approximate surface area is 106 Å². The summed E-state index contributed by atoms with van der Waals surface area (Å²) in [5.41, 5.74) is 0.300. The topological polar surface area (TPSA) is 87.3 Å². The maximum absolute atomic E-state index is 11.6. The molecule has 1 fully saturated rings. The highest BCUT2D eigenvalue weighted by Crippen LogP contribution is 2.07. The molecule has 1 unspecified atom stereocenters. The van der Waals surface area contributed by atoms with Crippen LogP contribution in [0, 0.1) is 0 Å². The number of hydrogen-bond donors (Lipinski definition) is 3. The summed E-state index contributed by atoms with van der Waals surface area (Å²) in [4.78, 5) is 33.8. The Kier molecular flexibility index (Phi) is 5.35. The third-order valence-electron chi connectivity index (χ3n) is 2.71. The van der Waals surface area contributed by atoms with Crippen LogP contribution in [0.4, 0.5) is 0 Å². The van der Waals surface area contributed by atoms with Crippen molar-refractivity contribution in [2.75, 3.05) is 6.54 Å². The van der Waals surface area contributed by atoms with Gasteiger partial charge in [-0.1, -0.05) is 6.08 Å². The SMILES string of the molecule is C/C=C1/NC(=O)C(CCCCNC(C)=O)NC1=O. The van der Waals surface area contributed by atoms with Gasteiger partial charge in [-0.2, -0.15) is 0 Å². The van der Waals surface area contributed by atoms with Crippen LogP contribution in [0.3, 0.4) is 0 Å². The molecule has 3 amide bonds. The van der Waals surface area contributed by atoms with E-state index in [-0.39, 0.29) is 17.7 Å². The molecule has 6 nitrogen and oxygen atoms in total. The van der Waals surface area contributed by atoms with E-state index >= 15 is 0 Å². The summed E-state index contributed by atoms with van der Waals surface area (Å²) >= 11 is 0. The number of unbranched alkanes of at least 4 members (excludes halogenated alkanes) is 1. The molecular formula is C12H19N3O3. The number of rotatable bonds is 5. The molecule has 6 heteroatoms. The molecule has 100 valence electrons. The Hall–Kier alpha value is -1.85. The fourth-order valence-electron chi connectivity index (χ4n) is 1.72. The van der Waals surface area contributed by atoms with Crippen molar-refractivity contribution in [2.24, 2.45) is 0 Å². The molecule has 0 bridgehead atoms. The normalized spacial score (nSPS) is 21.4. The quantitative estimate of drug-likeness (QED) is 0.469. The first-order valence-corrected chi connectivity index (χ1v) is 6.07. The molecule has 0 spiro atoms. The number of carbonyl (C=O) groups is 3.